The van der Waals surface area contributed by atoms with E-state index >= 15 is 0 Å². The summed E-state index contributed by atoms with van der Waals surface area (Å²) in [5.74, 6) is 15.5. The van der Waals surface area contributed by atoms with Gasteiger partial charge < -0.3 is 23.7 Å². The van der Waals surface area contributed by atoms with Crippen LogP contribution in [0.1, 0.15) is 22.3 Å². The van der Waals surface area contributed by atoms with Crippen molar-refractivity contribution in [1.29, 1.82) is 0 Å². The van der Waals surface area contributed by atoms with Gasteiger partial charge in [0.1, 0.15) is 11.5 Å². The molecule has 0 fully saturated rings. The molecule has 0 atom stereocenters. The highest BCUT2D eigenvalue weighted by Crippen LogP contribution is 2.38. The molecule has 2 heterocycles. The molecule has 0 spiro atoms. The molecule has 0 saturated carbocycles. The molecule has 0 unspecified atom stereocenters. The number of nitrogens with zero attached hydrogens (tertiary/aromatic N) is 2. The van der Waals surface area contributed by atoms with Gasteiger partial charge in [-0.1, -0.05) is 23.7 Å². The van der Waals surface area contributed by atoms with Gasteiger partial charge in [0, 0.05) is 40.7 Å². The Morgan fingerprint density at radius 3 is 1.29 bits per heavy atom. The zero-order chi connectivity index (χ0) is 26.9. The standard InChI is InChI=1S/C31H26N2O5/c1-34-25-14-23(15-26(18-25)35-2)8-6-21-10-12-27(32-19-21)28-13-11-22(20-33-28)7-9-24-16-29(36-3)31(38-5)30(17-24)37-4/h10-20H,1-5H3. The normalized spacial score (nSPS) is 9.82. The summed E-state index contributed by atoms with van der Waals surface area (Å²) in [4.78, 5) is 9.04. The summed E-state index contributed by atoms with van der Waals surface area (Å²) in [5, 5.41) is 0. The predicted octanol–water partition coefficient (Wildman–Crippen LogP) is 4.99. The quantitative estimate of drug-likeness (QED) is 0.341. The van der Waals surface area contributed by atoms with E-state index in [-0.39, 0.29) is 0 Å². The van der Waals surface area contributed by atoms with E-state index in [1.54, 1.807) is 66.1 Å². The first-order chi connectivity index (χ1) is 18.6. The van der Waals surface area contributed by atoms with Crippen molar-refractivity contribution in [1.82, 2.24) is 9.97 Å². The molecule has 0 N–H and O–H groups in total. The number of ether oxygens (including phenoxy) is 5. The number of methoxy groups -OCH3 is 5. The van der Waals surface area contributed by atoms with Gasteiger partial charge in [-0.2, -0.15) is 0 Å². The van der Waals surface area contributed by atoms with Crippen LogP contribution in [0.4, 0.5) is 0 Å². The summed E-state index contributed by atoms with van der Waals surface area (Å²) >= 11 is 0. The van der Waals surface area contributed by atoms with E-state index in [4.69, 9.17) is 23.7 Å². The van der Waals surface area contributed by atoms with E-state index in [0.717, 1.165) is 33.6 Å². The fourth-order valence-corrected chi connectivity index (χ4v) is 3.56. The number of benzene rings is 2. The molecule has 38 heavy (non-hydrogen) atoms. The smallest absolute Gasteiger partial charge is 0.203 e. The monoisotopic (exact) mass is 506 g/mol. The molecular weight excluding hydrogens is 480 g/mol. The first-order valence-electron chi connectivity index (χ1n) is 11.6. The van der Waals surface area contributed by atoms with Crippen LogP contribution in [0.3, 0.4) is 0 Å². The van der Waals surface area contributed by atoms with Crippen molar-refractivity contribution >= 4 is 0 Å². The van der Waals surface area contributed by atoms with Gasteiger partial charge in [0.15, 0.2) is 11.5 Å². The van der Waals surface area contributed by atoms with E-state index in [9.17, 15) is 0 Å². The Morgan fingerprint density at radius 1 is 0.474 bits per heavy atom. The Morgan fingerprint density at radius 2 is 0.921 bits per heavy atom. The van der Waals surface area contributed by atoms with Crippen LogP contribution in [-0.4, -0.2) is 45.5 Å². The van der Waals surface area contributed by atoms with Crippen molar-refractivity contribution in [3.05, 3.63) is 89.2 Å². The van der Waals surface area contributed by atoms with Crippen LogP contribution >= 0.6 is 0 Å². The molecule has 4 aromatic rings. The molecule has 0 aliphatic heterocycles. The fraction of sp³-hybridized carbons (Fsp3) is 0.161. The average molecular weight is 507 g/mol. The van der Waals surface area contributed by atoms with E-state index in [1.807, 2.05) is 36.4 Å². The average Bonchev–Trinajstić information content (AvgIpc) is 2.98. The molecule has 0 amide bonds. The topological polar surface area (TPSA) is 71.9 Å². The summed E-state index contributed by atoms with van der Waals surface area (Å²) in [6.07, 6.45) is 3.44. The van der Waals surface area contributed by atoms with Crippen LogP contribution in [0.2, 0.25) is 0 Å². The van der Waals surface area contributed by atoms with E-state index in [0.29, 0.717) is 28.7 Å². The Balaban J connectivity index is 1.49. The SMILES string of the molecule is COc1cc(C#Cc2ccc(-c3ccc(C#Cc4cc(OC)c(OC)c(OC)c4)cn3)nc2)cc(OC)c1. The zero-order valence-corrected chi connectivity index (χ0v) is 21.8. The largest absolute Gasteiger partial charge is 0.497 e. The maximum atomic E-state index is 5.39. The van der Waals surface area contributed by atoms with Gasteiger partial charge in [-0.15, -0.1) is 0 Å². The molecule has 7 nitrogen and oxygen atoms in total. The van der Waals surface area contributed by atoms with Gasteiger partial charge in [0.25, 0.3) is 0 Å². The van der Waals surface area contributed by atoms with Crippen molar-refractivity contribution in [3.63, 3.8) is 0 Å². The van der Waals surface area contributed by atoms with Gasteiger partial charge in [0.05, 0.1) is 46.9 Å². The number of hydrogen-bond donors (Lipinski definition) is 0. The number of hydrogen-bond acceptors (Lipinski definition) is 7. The second-order valence-corrected chi connectivity index (χ2v) is 7.88. The highest BCUT2D eigenvalue weighted by atomic mass is 16.5. The van der Waals surface area contributed by atoms with Gasteiger partial charge in [-0.05, 0) is 48.5 Å². The summed E-state index contributed by atoms with van der Waals surface area (Å²) in [6, 6.07) is 16.7. The minimum Gasteiger partial charge on any atom is -0.497 e. The molecule has 2 aromatic carbocycles. The second-order valence-electron chi connectivity index (χ2n) is 7.88. The lowest BCUT2D eigenvalue weighted by atomic mass is 10.1. The number of aromatic nitrogens is 2. The van der Waals surface area contributed by atoms with Crippen LogP contribution in [0, 0.1) is 23.7 Å². The van der Waals surface area contributed by atoms with Crippen molar-refractivity contribution < 1.29 is 23.7 Å². The Bertz CT molecular complexity index is 1490. The van der Waals surface area contributed by atoms with Gasteiger partial charge >= 0.3 is 0 Å². The molecule has 0 bridgehead atoms. The van der Waals surface area contributed by atoms with Crippen LogP contribution in [-0.2, 0) is 0 Å². The molecule has 0 aliphatic carbocycles. The molecule has 190 valence electrons. The van der Waals surface area contributed by atoms with E-state index in [1.165, 1.54) is 0 Å². The highest BCUT2D eigenvalue weighted by molar-refractivity contribution is 5.59. The molecular formula is C31H26N2O5. The molecule has 0 radical (unpaired) electrons. The molecule has 0 saturated heterocycles. The predicted molar refractivity (Wildman–Crippen MR) is 145 cm³/mol. The van der Waals surface area contributed by atoms with Crippen molar-refractivity contribution in [2.24, 2.45) is 0 Å². The maximum Gasteiger partial charge on any atom is 0.203 e. The minimum atomic E-state index is 0.525. The van der Waals surface area contributed by atoms with E-state index in [2.05, 4.69) is 33.6 Å². The maximum absolute atomic E-state index is 5.39. The zero-order valence-electron chi connectivity index (χ0n) is 21.8. The van der Waals surface area contributed by atoms with Crippen LogP contribution in [0.15, 0.2) is 67.0 Å². The number of pyridine rings is 2. The molecule has 7 heteroatoms. The van der Waals surface area contributed by atoms with Crippen molar-refractivity contribution in [2.45, 2.75) is 0 Å². The van der Waals surface area contributed by atoms with Crippen molar-refractivity contribution in [2.75, 3.05) is 35.5 Å². The Kier molecular flexibility index (Phi) is 8.33. The first kappa shape index (κ1) is 25.9. The summed E-state index contributed by atoms with van der Waals surface area (Å²) in [5.41, 5.74) is 4.54. The van der Waals surface area contributed by atoms with E-state index < -0.39 is 0 Å². The number of rotatable bonds is 6. The first-order valence-corrected chi connectivity index (χ1v) is 11.6. The fourth-order valence-electron chi connectivity index (χ4n) is 3.56. The molecule has 0 aliphatic rings. The van der Waals surface area contributed by atoms with Crippen LogP contribution in [0.25, 0.3) is 11.4 Å². The molecule has 4 rings (SSSR count). The summed E-state index contributed by atoms with van der Waals surface area (Å²) < 4.78 is 26.7. The lowest BCUT2D eigenvalue weighted by molar-refractivity contribution is 0.324. The lowest BCUT2D eigenvalue weighted by Crippen LogP contribution is -1.95. The third-order valence-corrected chi connectivity index (χ3v) is 5.51. The summed E-state index contributed by atoms with van der Waals surface area (Å²) in [7, 11) is 7.93. The Labute approximate surface area is 222 Å². The lowest BCUT2D eigenvalue weighted by Gasteiger charge is -2.12. The minimum absolute atomic E-state index is 0.525. The van der Waals surface area contributed by atoms with Gasteiger partial charge in [0.2, 0.25) is 5.75 Å². The van der Waals surface area contributed by atoms with Crippen LogP contribution < -0.4 is 23.7 Å². The third-order valence-electron chi connectivity index (χ3n) is 5.51. The highest BCUT2D eigenvalue weighted by Gasteiger charge is 2.12. The Hall–Kier alpha value is -5.14. The third kappa shape index (κ3) is 6.16. The van der Waals surface area contributed by atoms with Crippen LogP contribution in [0.5, 0.6) is 28.7 Å². The molecule has 2 aromatic heterocycles. The second kappa shape index (κ2) is 12.2. The van der Waals surface area contributed by atoms with Gasteiger partial charge in [-0.25, -0.2) is 0 Å². The van der Waals surface area contributed by atoms with Crippen molar-refractivity contribution in [3.8, 4) is 63.8 Å². The van der Waals surface area contributed by atoms with Gasteiger partial charge in [-0.3, -0.25) is 9.97 Å². The summed E-state index contributed by atoms with van der Waals surface area (Å²) in [6.45, 7) is 0.